The van der Waals surface area contributed by atoms with Crippen LogP contribution >= 0.6 is 34.4 Å². The zero-order valence-corrected chi connectivity index (χ0v) is 12.9. The maximum Gasteiger partial charge on any atom is 0.0341 e. The van der Waals surface area contributed by atoms with Crippen LogP contribution in [-0.2, 0) is 6.42 Å². The van der Waals surface area contributed by atoms with E-state index in [2.05, 4.69) is 76.4 Å². The van der Waals surface area contributed by atoms with Crippen LogP contribution < -0.4 is 5.32 Å². The lowest BCUT2D eigenvalue weighted by Gasteiger charge is -2.11. The second-order valence-electron chi connectivity index (χ2n) is 4.44. The molecule has 1 atom stereocenters. The van der Waals surface area contributed by atoms with Crippen molar-refractivity contribution in [1.29, 1.82) is 0 Å². The zero-order valence-electron chi connectivity index (χ0n) is 9.90. The highest BCUT2D eigenvalue weighted by atomic mass is 127. The average Bonchev–Trinajstić information content (AvgIpc) is 2.81. The highest BCUT2D eigenvalue weighted by molar-refractivity contribution is 14.1. The maximum absolute atomic E-state index is 3.52. The molecule has 92 valence electrons. The van der Waals surface area contributed by atoms with E-state index in [9.17, 15) is 0 Å². The third kappa shape index (κ3) is 2.83. The first-order chi connectivity index (χ1) is 8.81. The van der Waals surface area contributed by atoms with E-state index < -0.39 is 0 Å². The Kier molecular flexibility index (Phi) is 3.80. The number of anilines is 1. The van der Waals surface area contributed by atoms with Crippen LogP contribution in [-0.4, -0.2) is 11.8 Å². The van der Waals surface area contributed by atoms with Crippen molar-refractivity contribution in [1.82, 2.24) is 0 Å². The Labute approximate surface area is 126 Å². The number of rotatable bonds is 3. The lowest BCUT2D eigenvalue weighted by Crippen LogP contribution is -2.15. The fourth-order valence-corrected chi connectivity index (χ4v) is 3.78. The van der Waals surface area contributed by atoms with Gasteiger partial charge in [0.1, 0.15) is 0 Å². The molecule has 1 aliphatic heterocycles. The van der Waals surface area contributed by atoms with E-state index in [4.69, 9.17) is 0 Å². The van der Waals surface area contributed by atoms with Crippen LogP contribution in [0.3, 0.4) is 0 Å². The molecular weight excluding hydrogens is 353 g/mol. The van der Waals surface area contributed by atoms with Gasteiger partial charge in [0.05, 0.1) is 0 Å². The highest BCUT2D eigenvalue weighted by Gasteiger charge is 2.21. The minimum atomic E-state index is 0.654. The first-order valence-corrected chi connectivity index (χ1v) is 8.01. The summed E-state index contributed by atoms with van der Waals surface area (Å²) in [6.07, 6.45) is 1.18. The maximum atomic E-state index is 3.52. The molecule has 1 heterocycles. The number of thioether (sulfide) groups is 1. The van der Waals surface area contributed by atoms with Gasteiger partial charge < -0.3 is 5.32 Å². The number of nitrogens with one attached hydrogen (secondary N) is 1. The fraction of sp³-hybridized carbons (Fsp3) is 0.200. The van der Waals surface area contributed by atoms with E-state index in [1.807, 2.05) is 11.8 Å². The van der Waals surface area contributed by atoms with Gasteiger partial charge in [0, 0.05) is 25.9 Å². The molecule has 18 heavy (non-hydrogen) atoms. The molecule has 3 heteroatoms. The predicted octanol–water partition coefficient (Wildman–Crippen LogP) is 4.42. The zero-order chi connectivity index (χ0) is 12.4. The Balaban J connectivity index is 1.58. The molecule has 2 aromatic rings. The predicted molar refractivity (Wildman–Crippen MR) is 87.4 cm³/mol. The van der Waals surface area contributed by atoms with Gasteiger partial charge >= 0.3 is 0 Å². The van der Waals surface area contributed by atoms with Crippen molar-refractivity contribution in [2.75, 3.05) is 11.9 Å². The van der Waals surface area contributed by atoms with Crippen LogP contribution in [0.4, 0.5) is 5.69 Å². The van der Waals surface area contributed by atoms with Crippen molar-refractivity contribution in [3.63, 3.8) is 0 Å². The molecule has 1 aliphatic rings. The van der Waals surface area contributed by atoms with Crippen LogP contribution in [0, 0.1) is 3.57 Å². The summed E-state index contributed by atoms with van der Waals surface area (Å²) in [5.41, 5.74) is 2.71. The van der Waals surface area contributed by atoms with Crippen LogP contribution in [0.5, 0.6) is 0 Å². The Morgan fingerprint density at radius 3 is 2.67 bits per heavy atom. The van der Waals surface area contributed by atoms with Gasteiger partial charge in [-0.05, 0) is 64.9 Å². The van der Waals surface area contributed by atoms with Gasteiger partial charge in [0.2, 0.25) is 0 Å². The summed E-state index contributed by atoms with van der Waals surface area (Å²) in [6.45, 7) is 1.03. The fourth-order valence-electron chi connectivity index (χ4n) is 2.17. The number of fused-ring (bicyclic) bond motifs is 1. The molecule has 0 saturated heterocycles. The van der Waals surface area contributed by atoms with Crippen molar-refractivity contribution in [3.05, 3.63) is 57.7 Å². The quantitative estimate of drug-likeness (QED) is 0.806. The standard InChI is InChI=1S/C15H14INS/c16-12-5-7-13(8-6-12)17-10-14-9-11-3-1-2-4-15(11)18-14/h1-8,14,17H,9-10H2. The average molecular weight is 367 g/mol. The second-order valence-corrected chi connectivity index (χ2v) is 7.03. The highest BCUT2D eigenvalue weighted by Crippen LogP contribution is 2.36. The molecule has 0 amide bonds. The van der Waals surface area contributed by atoms with Crippen LogP contribution in [0.15, 0.2) is 53.4 Å². The molecule has 0 aromatic heterocycles. The largest absolute Gasteiger partial charge is 0.384 e. The normalized spacial score (nSPS) is 17.5. The SMILES string of the molecule is Ic1ccc(NCC2Cc3ccccc3S2)cc1. The van der Waals surface area contributed by atoms with Gasteiger partial charge in [-0.3, -0.25) is 0 Å². The summed E-state index contributed by atoms with van der Waals surface area (Å²) < 4.78 is 1.28. The molecule has 0 aliphatic carbocycles. The Hall–Kier alpha value is -0.680. The summed E-state index contributed by atoms with van der Waals surface area (Å²) in [4.78, 5) is 1.45. The Morgan fingerprint density at radius 2 is 1.89 bits per heavy atom. The van der Waals surface area contributed by atoms with Gasteiger partial charge in [-0.25, -0.2) is 0 Å². The minimum absolute atomic E-state index is 0.654. The van der Waals surface area contributed by atoms with Crippen molar-refractivity contribution >= 4 is 40.0 Å². The van der Waals surface area contributed by atoms with Crippen molar-refractivity contribution < 1.29 is 0 Å². The van der Waals surface area contributed by atoms with Gasteiger partial charge in [-0.1, -0.05) is 18.2 Å². The van der Waals surface area contributed by atoms with E-state index in [1.54, 1.807) is 0 Å². The lowest BCUT2D eigenvalue weighted by molar-refractivity contribution is 0.899. The second kappa shape index (κ2) is 5.53. The third-order valence-corrected chi connectivity index (χ3v) is 5.13. The Bertz CT molecular complexity index is 513. The first kappa shape index (κ1) is 12.4. The molecule has 0 radical (unpaired) electrons. The summed E-state index contributed by atoms with van der Waals surface area (Å²) in [6, 6.07) is 17.3. The van der Waals surface area contributed by atoms with Gasteiger partial charge in [0.15, 0.2) is 0 Å². The van der Waals surface area contributed by atoms with Crippen LogP contribution in [0.25, 0.3) is 0 Å². The molecule has 0 spiro atoms. The smallest absolute Gasteiger partial charge is 0.0341 e. The number of hydrogen-bond donors (Lipinski definition) is 1. The first-order valence-electron chi connectivity index (χ1n) is 6.05. The summed E-state index contributed by atoms with van der Waals surface area (Å²) in [7, 11) is 0. The van der Waals surface area contributed by atoms with Crippen LogP contribution in [0.2, 0.25) is 0 Å². The van der Waals surface area contributed by atoms with Crippen LogP contribution in [0.1, 0.15) is 5.56 Å². The minimum Gasteiger partial charge on any atom is -0.384 e. The number of halogens is 1. The summed E-state index contributed by atoms with van der Waals surface area (Å²) >= 11 is 4.33. The van der Waals surface area contributed by atoms with Gasteiger partial charge in [-0.2, -0.15) is 0 Å². The Morgan fingerprint density at radius 1 is 1.11 bits per heavy atom. The van der Waals surface area contributed by atoms with E-state index in [-0.39, 0.29) is 0 Å². The molecule has 2 aromatic carbocycles. The third-order valence-electron chi connectivity index (χ3n) is 3.09. The molecule has 0 bridgehead atoms. The molecule has 1 N–H and O–H groups in total. The topological polar surface area (TPSA) is 12.0 Å². The molecule has 0 saturated carbocycles. The van der Waals surface area contributed by atoms with Crippen molar-refractivity contribution in [2.45, 2.75) is 16.6 Å². The van der Waals surface area contributed by atoms with Gasteiger partial charge in [-0.15, -0.1) is 11.8 Å². The molecule has 3 rings (SSSR count). The molecule has 1 unspecified atom stereocenters. The summed E-state index contributed by atoms with van der Waals surface area (Å²) in [5, 5.41) is 4.18. The van der Waals surface area contributed by atoms with E-state index in [1.165, 1.54) is 26.1 Å². The van der Waals surface area contributed by atoms with Crippen molar-refractivity contribution in [2.24, 2.45) is 0 Å². The molecule has 0 fully saturated rings. The summed E-state index contributed by atoms with van der Waals surface area (Å²) in [5.74, 6) is 0. The lowest BCUT2D eigenvalue weighted by atomic mass is 10.1. The van der Waals surface area contributed by atoms with Gasteiger partial charge in [0.25, 0.3) is 0 Å². The van der Waals surface area contributed by atoms with E-state index >= 15 is 0 Å². The molecule has 1 nitrogen and oxygen atoms in total. The molecular formula is C15H14INS. The van der Waals surface area contributed by atoms with Crippen molar-refractivity contribution in [3.8, 4) is 0 Å². The van der Waals surface area contributed by atoms with E-state index in [0.717, 1.165) is 6.54 Å². The van der Waals surface area contributed by atoms with E-state index in [0.29, 0.717) is 5.25 Å². The number of hydrogen-bond acceptors (Lipinski definition) is 2. The monoisotopic (exact) mass is 367 g/mol. The number of benzene rings is 2.